The van der Waals surface area contributed by atoms with E-state index in [1.54, 1.807) is 24.2 Å². The molecule has 0 aromatic carbocycles. The molecule has 108 valence electrons. The van der Waals surface area contributed by atoms with E-state index in [9.17, 15) is 9.59 Å². The normalized spacial score (nSPS) is 14.9. The number of hydrogen-bond donors (Lipinski definition) is 1. The van der Waals surface area contributed by atoms with Crippen LogP contribution in [-0.2, 0) is 0 Å². The lowest BCUT2D eigenvalue weighted by molar-refractivity contribution is 0.0599. The standard InChI is InChI=1S/C16H17N3O2/c1-10-7-14(20)15(11(2)18-10)16(21)19-8-13(9-19)12-3-5-17-6-4-12/h3-7,13H,8-9H2,1-2H3,(H,18,20). The first-order chi connectivity index (χ1) is 10.1. The van der Waals surface area contributed by atoms with Gasteiger partial charge in [0.25, 0.3) is 5.91 Å². The number of hydrogen-bond acceptors (Lipinski definition) is 3. The van der Waals surface area contributed by atoms with Crippen LogP contribution < -0.4 is 5.43 Å². The van der Waals surface area contributed by atoms with Gasteiger partial charge in [-0.2, -0.15) is 0 Å². The van der Waals surface area contributed by atoms with E-state index in [2.05, 4.69) is 9.97 Å². The SMILES string of the molecule is Cc1cc(=O)c(C(=O)N2CC(c3ccncc3)C2)c(C)[nH]1. The minimum Gasteiger partial charge on any atom is -0.362 e. The second-order valence-corrected chi connectivity index (χ2v) is 5.50. The van der Waals surface area contributed by atoms with Crippen molar-refractivity contribution in [2.75, 3.05) is 13.1 Å². The first-order valence-corrected chi connectivity index (χ1v) is 6.96. The zero-order chi connectivity index (χ0) is 15.0. The summed E-state index contributed by atoms with van der Waals surface area (Å²) in [6, 6.07) is 5.41. The monoisotopic (exact) mass is 283 g/mol. The second-order valence-electron chi connectivity index (χ2n) is 5.50. The number of nitrogens with one attached hydrogen (secondary N) is 1. The van der Waals surface area contributed by atoms with Crippen molar-refractivity contribution in [3.8, 4) is 0 Å². The Kier molecular flexibility index (Phi) is 3.33. The molecular formula is C16H17N3O2. The van der Waals surface area contributed by atoms with Gasteiger partial charge in [0.15, 0.2) is 5.43 Å². The average Bonchev–Trinajstić information content (AvgIpc) is 2.37. The molecular weight excluding hydrogens is 266 g/mol. The number of aryl methyl sites for hydroxylation is 2. The Morgan fingerprint density at radius 1 is 1.29 bits per heavy atom. The zero-order valence-corrected chi connectivity index (χ0v) is 12.1. The van der Waals surface area contributed by atoms with E-state index in [1.807, 2.05) is 19.1 Å². The van der Waals surface area contributed by atoms with Crippen molar-refractivity contribution in [1.82, 2.24) is 14.9 Å². The molecule has 1 aliphatic rings. The first kappa shape index (κ1) is 13.5. The van der Waals surface area contributed by atoms with Crippen molar-refractivity contribution in [3.05, 3.63) is 63.3 Å². The number of aromatic nitrogens is 2. The summed E-state index contributed by atoms with van der Waals surface area (Å²) in [7, 11) is 0. The first-order valence-electron chi connectivity index (χ1n) is 6.96. The lowest BCUT2D eigenvalue weighted by Crippen LogP contribution is -2.49. The highest BCUT2D eigenvalue weighted by molar-refractivity contribution is 5.95. The van der Waals surface area contributed by atoms with Crippen LogP contribution in [0.25, 0.3) is 0 Å². The number of carbonyl (C=O) groups excluding carboxylic acids is 1. The van der Waals surface area contributed by atoms with Crippen molar-refractivity contribution < 1.29 is 4.79 Å². The number of amides is 1. The highest BCUT2D eigenvalue weighted by atomic mass is 16.2. The van der Waals surface area contributed by atoms with Gasteiger partial charge in [-0.15, -0.1) is 0 Å². The lowest BCUT2D eigenvalue weighted by atomic mass is 9.91. The number of aromatic amines is 1. The van der Waals surface area contributed by atoms with Crippen molar-refractivity contribution in [2.45, 2.75) is 19.8 Å². The maximum Gasteiger partial charge on any atom is 0.259 e. The van der Waals surface area contributed by atoms with Crippen LogP contribution in [0.3, 0.4) is 0 Å². The van der Waals surface area contributed by atoms with Gasteiger partial charge in [0.2, 0.25) is 0 Å². The molecule has 1 amide bonds. The molecule has 1 aliphatic heterocycles. The molecule has 0 bridgehead atoms. The fraction of sp³-hybridized carbons (Fsp3) is 0.312. The smallest absolute Gasteiger partial charge is 0.259 e. The van der Waals surface area contributed by atoms with Gasteiger partial charge in [-0.3, -0.25) is 14.6 Å². The van der Waals surface area contributed by atoms with Crippen molar-refractivity contribution in [3.63, 3.8) is 0 Å². The van der Waals surface area contributed by atoms with Crippen LogP contribution >= 0.6 is 0 Å². The van der Waals surface area contributed by atoms with Gasteiger partial charge in [-0.1, -0.05) is 0 Å². The van der Waals surface area contributed by atoms with E-state index >= 15 is 0 Å². The maximum absolute atomic E-state index is 12.5. The summed E-state index contributed by atoms with van der Waals surface area (Å²) in [4.78, 5) is 33.2. The Balaban J connectivity index is 1.76. The number of rotatable bonds is 2. The number of H-pyrrole nitrogens is 1. The minimum absolute atomic E-state index is 0.181. The maximum atomic E-state index is 12.5. The van der Waals surface area contributed by atoms with Crippen LogP contribution in [0.15, 0.2) is 35.4 Å². The van der Waals surface area contributed by atoms with Crippen LogP contribution in [0.4, 0.5) is 0 Å². The number of likely N-dealkylation sites (tertiary alicyclic amines) is 1. The van der Waals surface area contributed by atoms with Crippen molar-refractivity contribution >= 4 is 5.91 Å². The number of carbonyl (C=O) groups is 1. The summed E-state index contributed by atoms with van der Waals surface area (Å²) in [5.41, 5.74) is 2.64. The predicted octanol–water partition coefficient (Wildman–Crippen LogP) is 1.63. The molecule has 1 fully saturated rings. The summed E-state index contributed by atoms with van der Waals surface area (Å²) in [6.07, 6.45) is 3.52. The largest absolute Gasteiger partial charge is 0.362 e. The second kappa shape index (κ2) is 5.16. The van der Waals surface area contributed by atoms with Crippen LogP contribution in [-0.4, -0.2) is 33.9 Å². The molecule has 3 heterocycles. The highest BCUT2D eigenvalue weighted by Crippen LogP contribution is 2.27. The third-order valence-corrected chi connectivity index (χ3v) is 3.91. The molecule has 5 nitrogen and oxygen atoms in total. The molecule has 0 radical (unpaired) electrons. The molecule has 0 aliphatic carbocycles. The summed E-state index contributed by atoms with van der Waals surface area (Å²) in [6.45, 7) is 4.87. The quantitative estimate of drug-likeness (QED) is 0.911. The van der Waals surface area contributed by atoms with Gasteiger partial charge in [-0.25, -0.2) is 0 Å². The van der Waals surface area contributed by atoms with Crippen LogP contribution in [0.1, 0.15) is 33.2 Å². The van der Waals surface area contributed by atoms with Gasteiger partial charge in [-0.05, 0) is 31.5 Å². The number of pyridine rings is 2. The van der Waals surface area contributed by atoms with Crippen molar-refractivity contribution in [1.29, 1.82) is 0 Å². The fourth-order valence-electron chi connectivity index (χ4n) is 2.76. The molecule has 5 heteroatoms. The van der Waals surface area contributed by atoms with Gasteiger partial charge < -0.3 is 9.88 Å². The molecule has 2 aromatic rings. The van der Waals surface area contributed by atoms with E-state index in [4.69, 9.17) is 0 Å². The fourth-order valence-corrected chi connectivity index (χ4v) is 2.76. The third kappa shape index (κ3) is 2.46. The molecule has 0 spiro atoms. The molecule has 2 aromatic heterocycles. The molecule has 3 rings (SSSR count). The summed E-state index contributed by atoms with van der Waals surface area (Å²) in [5, 5.41) is 0. The van der Waals surface area contributed by atoms with Gasteiger partial charge >= 0.3 is 0 Å². The Hall–Kier alpha value is -2.43. The topological polar surface area (TPSA) is 66.1 Å². The lowest BCUT2D eigenvalue weighted by Gasteiger charge is -2.39. The van der Waals surface area contributed by atoms with Gasteiger partial charge in [0.05, 0.1) is 0 Å². The predicted molar refractivity (Wildman–Crippen MR) is 79.4 cm³/mol. The van der Waals surface area contributed by atoms with E-state index in [0.29, 0.717) is 24.7 Å². The van der Waals surface area contributed by atoms with Crippen LogP contribution in [0.5, 0.6) is 0 Å². The molecule has 1 N–H and O–H groups in total. The van der Waals surface area contributed by atoms with Crippen LogP contribution in [0, 0.1) is 13.8 Å². The van der Waals surface area contributed by atoms with Gasteiger partial charge in [0.1, 0.15) is 5.56 Å². The van der Waals surface area contributed by atoms with Crippen LogP contribution in [0.2, 0.25) is 0 Å². The Morgan fingerprint density at radius 3 is 2.57 bits per heavy atom. The van der Waals surface area contributed by atoms with E-state index in [0.717, 1.165) is 5.69 Å². The Bertz CT molecular complexity index is 731. The highest BCUT2D eigenvalue weighted by Gasteiger charge is 2.33. The number of nitrogens with zero attached hydrogens (tertiary/aromatic N) is 2. The summed E-state index contributed by atoms with van der Waals surface area (Å²) >= 11 is 0. The van der Waals surface area contributed by atoms with E-state index in [-0.39, 0.29) is 16.9 Å². The molecule has 1 saturated heterocycles. The van der Waals surface area contributed by atoms with Gasteiger partial charge in [0, 0.05) is 48.9 Å². The minimum atomic E-state index is -0.207. The Morgan fingerprint density at radius 2 is 1.95 bits per heavy atom. The van der Waals surface area contributed by atoms with E-state index < -0.39 is 0 Å². The molecule has 0 atom stereocenters. The molecule has 0 unspecified atom stereocenters. The summed E-state index contributed by atoms with van der Waals surface area (Å²) < 4.78 is 0. The molecule has 21 heavy (non-hydrogen) atoms. The zero-order valence-electron chi connectivity index (χ0n) is 12.1. The third-order valence-electron chi connectivity index (χ3n) is 3.91. The average molecular weight is 283 g/mol. The summed E-state index contributed by atoms with van der Waals surface area (Å²) in [5.74, 6) is 0.154. The van der Waals surface area contributed by atoms with Crippen molar-refractivity contribution in [2.24, 2.45) is 0 Å². The molecule has 0 saturated carbocycles. The Labute approximate surface area is 122 Å². The van der Waals surface area contributed by atoms with E-state index in [1.165, 1.54) is 11.6 Å².